The van der Waals surface area contributed by atoms with Crippen molar-refractivity contribution in [2.45, 2.75) is 13.8 Å². The van der Waals surface area contributed by atoms with Crippen molar-refractivity contribution in [2.24, 2.45) is 5.92 Å². The molecule has 12 heavy (non-hydrogen) atoms. The Bertz CT molecular complexity index is 143. The van der Waals surface area contributed by atoms with Crippen molar-refractivity contribution < 1.29 is 4.48 Å². The Balaban J connectivity index is 1.99. The molecule has 0 radical (unpaired) electrons. The predicted octanol–water partition coefficient (Wildman–Crippen LogP) is 0.788. The number of nitrogens with zero attached hydrogens (tertiary/aromatic N) is 2. The fourth-order valence-electron chi connectivity index (χ4n) is 2.78. The summed E-state index contributed by atoms with van der Waals surface area (Å²) in [5, 5.41) is 0. The fraction of sp³-hybridized carbons (Fsp3) is 1.00. The average Bonchev–Trinajstić information content (AvgIpc) is 2.05. The van der Waals surface area contributed by atoms with E-state index in [1.807, 2.05) is 0 Å². The van der Waals surface area contributed by atoms with Crippen molar-refractivity contribution in [2.75, 3.05) is 45.8 Å². The zero-order chi connectivity index (χ0) is 8.60. The molecule has 70 valence electrons. The molecule has 2 heteroatoms. The van der Waals surface area contributed by atoms with Crippen molar-refractivity contribution in [1.29, 1.82) is 0 Å². The summed E-state index contributed by atoms with van der Waals surface area (Å²) in [5.74, 6) is 0.870. The monoisotopic (exact) mass is 169 g/mol. The third-order valence-electron chi connectivity index (χ3n) is 3.42. The Morgan fingerprint density at radius 1 is 1.08 bits per heavy atom. The van der Waals surface area contributed by atoms with Gasteiger partial charge in [0.1, 0.15) is 0 Å². The standard InChI is InChI=1S/C10H21N2/c1-10(2)9-12-6-3-11(4-7-12)5-8-12/h10H,3-9H2,1-2H3/q+1. The fourth-order valence-corrected chi connectivity index (χ4v) is 2.78. The molecule has 0 aromatic heterocycles. The molecule has 0 amide bonds. The molecule has 2 nitrogen and oxygen atoms in total. The van der Waals surface area contributed by atoms with Crippen LogP contribution in [0.3, 0.4) is 0 Å². The molecule has 0 aromatic rings. The third-order valence-corrected chi connectivity index (χ3v) is 3.42. The molecule has 3 rings (SSSR count). The lowest BCUT2D eigenvalue weighted by atomic mass is 10.1. The number of rotatable bonds is 2. The van der Waals surface area contributed by atoms with Crippen LogP contribution in [0.2, 0.25) is 0 Å². The lowest BCUT2D eigenvalue weighted by molar-refractivity contribution is -0.943. The molecule has 0 spiro atoms. The molecular formula is C10H21N2+. The van der Waals surface area contributed by atoms with Gasteiger partial charge in [0.25, 0.3) is 0 Å². The van der Waals surface area contributed by atoms with Crippen LogP contribution in [0.5, 0.6) is 0 Å². The number of hydrogen-bond acceptors (Lipinski definition) is 1. The number of quaternary nitrogens is 1. The van der Waals surface area contributed by atoms with E-state index < -0.39 is 0 Å². The normalized spacial score (nSPS) is 40.8. The molecule has 3 aliphatic rings. The lowest BCUT2D eigenvalue weighted by Gasteiger charge is -2.51. The quantitative estimate of drug-likeness (QED) is 0.552. The van der Waals surface area contributed by atoms with Crippen molar-refractivity contribution >= 4 is 0 Å². The number of fused-ring (bicyclic) bond motifs is 3. The molecule has 0 aliphatic carbocycles. The van der Waals surface area contributed by atoms with Crippen LogP contribution in [0.4, 0.5) is 0 Å². The van der Waals surface area contributed by atoms with Gasteiger partial charge in [0.15, 0.2) is 0 Å². The van der Waals surface area contributed by atoms with Gasteiger partial charge < -0.3 is 4.48 Å². The Morgan fingerprint density at radius 3 is 2.00 bits per heavy atom. The van der Waals surface area contributed by atoms with E-state index >= 15 is 0 Å². The van der Waals surface area contributed by atoms with Crippen molar-refractivity contribution in [3.8, 4) is 0 Å². The van der Waals surface area contributed by atoms with Crippen LogP contribution in [-0.2, 0) is 0 Å². The first-order valence-corrected chi connectivity index (χ1v) is 5.28. The molecule has 3 aliphatic heterocycles. The first-order chi connectivity index (χ1) is 5.70. The Kier molecular flexibility index (Phi) is 2.13. The second-order valence-corrected chi connectivity index (χ2v) is 4.93. The highest BCUT2D eigenvalue weighted by molar-refractivity contribution is 4.71. The molecule has 2 bridgehead atoms. The van der Waals surface area contributed by atoms with Crippen molar-refractivity contribution in [1.82, 2.24) is 4.90 Å². The predicted molar refractivity (Wildman–Crippen MR) is 51.0 cm³/mol. The van der Waals surface area contributed by atoms with E-state index in [2.05, 4.69) is 18.7 Å². The zero-order valence-electron chi connectivity index (χ0n) is 8.42. The minimum Gasteiger partial charge on any atom is -0.320 e. The van der Waals surface area contributed by atoms with Gasteiger partial charge >= 0.3 is 0 Å². The summed E-state index contributed by atoms with van der Waals surface area (Å²) < 4.78 is 1.42. The van der Waals surface area contributed by atoms with Gasteiger partial charge in [-0.15, -0.1) is 0 Å². The minimum absolute atomic E-state index is 0.870. The summed E-state index contributed by atoms with van der Waals surface area (Å²) in [7, 11) is 0. The highest BCUT2D eigenvalue weighted by Gasteiger charge is 2.38. The summed E-state index contributed by atoms with van der Waals surface area (Å²) in [4.78, 5) is 2.61. The maximum absolute atomic E-state index is 2.61. The zero-order valence-corrected chi connectivity index (χ0v) is 8.42. The van der Waals surface area contributed by atoms with E-state index in [0.717, 1.165) is 5.92 Å². The summed E-state index contributed by atoms with van der Waals surface area (Å²) in [6.07, 6.45) is 0. The lowest BCUT2D eigenvalue weighted by Crippen LogP contribution is -2.68. The largest absolute Gasteiger partial charge is 0.320 e. The van der Waals surface area contributed by atoms with Crippen LogP contribution in [0, 0.1) is 5.92 Å². The van der Waals surface area contributed by atoms with Crippen molar-refractivity contribution in [3.05, 3.63) is 0 Å². The van der Waals surface area contributed by atoms with E-state index in [-0.39, 0.29) is 0 Å². The topological polar surface area (TPSA) is 3.24 Å². The van der Waals surface area contributed by atoms with E-state index in [1.165, 1.54) is 50.3 Å². The second-order valence-electron chi connectivity index (χ2n) is 4.93. The number of hydrogen-bond donors (Lipinski definition) is 0. The molecule has 3 fully saturated rings. The molecule has 0 atom stereocenters. The van der Waals surface area contributed by atoms with Gasteiger partial charge in [-0.05, 0) is 0 Å². The molecule has 0 saturated carbocycles. The van der Waals surface area contributed by atoms with Crippen LogP contribution in [0.15, 0.2) is 0 Å². The van der Waals surface area contributed by atoms with E-state index in [1.54, 1.807) is 0 Å². The van der Waals surface area contributed by atoms with Gasteiger partial charge in [0.2, 0.25) is 0 Å². The van der Waals surface area contributed by atoms with Gasteiger partial charge in [-0.1, -0.05) is 13.8 Å². The maximum atomic E-state index is 2.61. The highest BCUT2D eigenvalue weighted by atomic mass is 15.4. The number of piperazine rings is 3. The molecular weight excluding hydrogens is 148 g/mol. The summed E-state index contributed by atoms with van der Waals surface area (Å²) >= 11 is 0. The van der Waals surface area contributed by atoms with Gasteiger partial charge in [-0.3, -0.25) is 4.90 Å². The Labute approximate surface area is 75.7 Å². The molecule has 0 N–H and O–H groups in total. The van der Waals surface area contributed by atoms with Gasteiger partial charge in [0, 0.05) is 25.6 Å². The Hall–Kier alpha value is -0.0800. The summed E-state index contributed by atoms with van der Waals surface area (Å²) in [6.45, 7) is 14.4. The smallest absolute Gasteiger partial charge is 0.0916 e. The highest BCUT2D eigenvalue weighted by Crippen LogP contribution is 2.21. The first-order valence-electron chi connectivity index (χ1n) is 5.28. The van der Waals surface area contributed by atoms with E-state index in [9.17, 15) is 0 Å². The van der Waals surface area contributed by atoms with Crippen molar-refractivity contribution in [3.63, 3.8) is 0 Å². The average molecular weight is 169 g/mol. The van der Waals surface area contributed by atoms with Crippen LogP contribution in [0.25, 0.3) is 0 Å². The summed E-state index contributed by atoms with van der Waals surface area (Å²) in [5.41, 5.74) is 0. The van der Waals surface area contributed by atoms with Gasteiger partial charge in [-0.25, -0.2) is 0 Å². The molecule has 0 unspecified atom stereocenters. The SMILES string of the molecule is CC(C)C[N+]12CCN(CC1)CC2. The van der Waals surface area contributed by atoms with Crippen LogP contribution < -0.4 is 0 Å². The third kappa shape index (κ3) is 1.50. The van der Waals surface area contributed by atoms with Crippen LogP contribution in [0.1, 0.15) is 13.8 Å². The minimum atomic E-state index is 0.870. The van der Waals surface area contributed by atoms with Crippen LogP contribution >= 0.6 is 0 Å². The van der Waals surface area contributed by atoms with Crippen LogP contribution in [-0.4, -0.2) is 55.2 Å². The molecule has 3 heterocycles. The molecule has 3 saturated heterocycles. The Morgan fingerprint density at radius 2 is 1.58 bits per heavy atom. The van der Waals surface area contributed by atoms with Gasteiger partial charge in [-0.2, -0.15) is 0 Å². The van der Waals surface area contributed by atoms with E-state index in [0.29, 0.717) is 0 Å². The van der Waals surface area contributed by atoms with E-state index in [4.69, 9.17) is 0 Å². The summed E-state index contributed by atoms with van der Waals surface area (Å²) in [6, 6.07) is 0. The van der Waals surface area contributed by atoms with Gasteiger partial charge in [0.05, 0.1) is 26.2 Å². The molecule has 0 aromatic carbocycles. The maximum Gasteiger partial charge on any atom is 0.0916 e. The first kappa shape index (κ1) is 8.52. The second kappa shape index (κ2) is 3.00.